The van der Waals surface area contributed by atoms with Crippen molar-refractivity contribution in [3.8, 4) is 0 Å². The van der Waals surface area contributed by atoms with E-state index in [1.165, 1.54) is 0 Å². The van der Waals surface area contributed by atoms with Crippen molar-refractivity contribution in [2.75, 3.05) is 52.4 Å². The number of rotatable bonds is 2. The highest BCUT2D eigenvalue weighted by molar-refractivity contribution is 5.99. The molecule has 2 saturated heterocycles. The summed E-state index contributed by atoms with van der Waals surface area (Å²) >= 11 is 0. The molecule has 118 valence electrons. The molecule has 0 saturated carbocycles. The molecule has 7 nitrogen and oxygen atoms in total. The number of piperazine rings is 2. The highest BCUT2D eigenvalue weighted by atomic mass is 16.2. The molecule has 2 aliphatic rings. The van der Waals surface area contributed by atoms with Gasteiger partial charge in [0.15, 0.2) is 0 Å². The second-order valence-electron chi connectivity index (χ2n) is 5.55. The van der Waals surface area contributed by atoms with Gasteiger partial charge >= 0.3 is 0 Å². The predicted molar refractivity (Wildman–Crippen MR) is 81.8 cm³/mol. The second kappa shape index (κ2) is 6.85. The van der Waals surface area contributed by atoms with Gasteiger partial charge in [-0.05, 0) is 6.07 Å². The summed E-state index contributed by atoms with van der Waals surface area (Å²) in [5.74, 6) is -0.104. The first-order valence-electron chi connectivity index (χ1n) is 7.71. The summed E-state index contributed by atoms with van der Waals surface area (Å²) in [6.07, 6.45) is 3.08. The molecule has 1 aromatic rings. The second-order valence-corrected chi connectivity index (χ2v) is 5.55. The first kappa shape index (κ1) is 14.9. The van der Waals surface area contributed by atoms with Gasteiger partial charge in [0, 0.05) is 64.8 Å². The zero-order valence-corrected chi connectivity index (χ0v) is 12.5. The van der Waals surface area contributed by atoms with Crippen molar-refractivity contribution >= 4 is 11.8 Å². The number of aromatic nitrogens is 1. The first-order chi connectivity index (χ1) is 10.8. The summed E-state index contributed by atoms with van der Waals surface area (Å²) in [4.78, 5) is 32.6. The number of nitrogens with zero attached hydrogens (tertiary/aromatic N) is 3. The van der Waals surface area contributed by atoms with Crippen molar-refractivity contribution in [2.24, 2.45) is 0 Å². The zero-order chi connectivity index (χ0) is 15.4. The zero-order valence-electron chi connectivity index (χ0n) is 12.5. The van der Waals surface area contributed by atoms with E-state index >= 15 is 0 Å². The van der Waals surface area contributed by atoms with Gasteiger partial charge in [0.05, 0.1) is 11.1 Å². The third-order valence-corrected chi connectivity index (χ3v) is 4.04. The van der Waals surface area contributed by atoms with Crippen molar-refractivity contribution in [1.82, 2.24) is 25.4 Å². The number of pyridine rings is 1. The molecule has 0 bridgehead atoms. The number of nitrogens with one attached hydrogen (secondary N) is 2. The van der Waals surface area contributed by atoms with Crippen molar-refractivity contribution in [3.63, 3.8) is 0 Å². The molecule has 0 aliphatic carbocycles. The molecule has 7 heteroatoms. The van der Waals surface area contributed by atoms with Gasteiger partial charge in [0.25, 0.3) is 11.8 Å². The van der Waals surface area contributed by atoms with Crippen LogP contribution in [0.3, 0.4) is 0 Å². The van der Waals surface area contributed by atoms with E-state index < -0.39 is 0 Å². The van der Waals surface area contributed by atoms with Crippen LogP contribution in [0.1, 0.15) is 20.7 Å². The van der Waals surface area contributed by atoms with E-state index in [2.05, 4.69) is 15.6 Å². The maximum atomic E-state index is 12.5. The monoisotopic (exact) mass is 303 g/mol. The van der Waals surface area contributed by atoms with Crippen LogP contribution in [0.15, 0.2) is 18.5 Å². The van der Waals surface area contributed by atoms with Crippen LogP contribution in [0.5, 0.6) is 0 Å². The quantitative estimate of drug-likeness (QED) is 0.746. The van der Waals surface area contributed by atoms with E-state index in [4.69, 9.17) is 0 Å². The number of amides is 2. The minimum absolute atomic E-state index is 0.0519. The maximum absolute atomic E-state index is 12.5. The minimum atomic E-state index is -0.0519. The number of carbonyl (C=O) groups is 2. The highest BCUT2D eigenvalue weighted by Gasteiger charge is 2.22. The van der Waals surface area contributed by atoms with Gasteiger partial charge in [0.1, 0.15) is 0 Å². The third-order valence-electron chi connectivity index (χ3n) is 4.04. The molecule has 2 amide bonds. The fraction of sp³-hybridized carbons (Fsp3) is 0.533. The lowest BCUT2D eigenvalue weighted by Gasteiger charge is -2.28. The molecule has 0 spiro atoms. The van der Waals surface area contributed by atoms with Gasteiger partial charge in [0.2, 0.25) is 0 Å². The molecule has 0 atom stereocenters. The van der Waals surface area contributed by atoms with Crippen molar-refractivity contribution < 1.29 is 9.59 Å². The Morgan fingerprint density at radius 1 is 0.818 bits per heavy atom. The Labute approximate surface area is 129 Å². The largest absolute Gasteiger partial charge is 0.336 e. The van der Waals surface area contributed by atoms with Crippen molar-refractivity contribution in [1.29, 1.82) is 0 Å². The topological polar surface area (TPSA) is 77.6 Å². The van der Waals surface area contributed by atoms with Crippen LogP contribution in [-0.2, 0) is 0 Å². The van der Waals surface area contributed by atoms with Gasteiger partial charge in [-0.25, -0.2) is 0 Å². The standard InChI is InChI=1S/C15H21N5O2/c21-14(19-5-1-16-2-6-19)12-9-13(11-18-10-12)15(22)20-7-3-17-4-8-20/h9-11,16-17H,1-8H2. The van der Waals surface area contributed by atoms with E-state index in [1.54, 1.807) is 28.3 Å². The molecule has 2 N–H and O–H groups in total. The fourth-order valence-electron chi connectivity index (χ4n) is 2.77. The summed E-state index contributed by atoms with van der Waals surface area (Å²) in [5, 5.41) is 6.43. The Hall–Kier alpha value is -1.99. The molecule has 0 unspecified atom stereocenters. The van der Waals surface area contributed by atoms with Crippen LogP contribution in [-0.4, -0.2) is 79.0 Å². The number of hydrogen-bond donors (Lipinski definition) is 2. The predicted octanol–water partition coefficient (Wildman–Crippen LogP) is -0.828. The van der Waals surface area contributed by atoms with Crippen LogP contribution in [0.25, 0.3) is 0 Å². The smallest absolute Gasteiger partial charge is 0.255 e. The molecule has 3 rings (SSSR count). The average Bonchev–Trinajstić information content (AvgIpc) is 2.62. The Morgan fingerprint density at radius 2 is 1.23 bits per heavy atom. The van der Waals surface area contributed by atoms with E-state index in [0.29, 0.717) is 37.3 Å². The van der Waals surface area contributed by atoms with Crippen molar-refractivity contribution in [2.45, 2.75) is 0 Å². The van der Waals surface area contributed by atoms with Crippen molar-refractivity contribution in [3.05, 3.63) is 29.6 Å². The average molecular weight is 303 g/mol. The van der Waals surface area contributed by atoms with E-state index in [-0.39, 0.29) is 11.8 Å². The van der Waals surface area contributed by atoms with E-state index in [1.807, 2.05) is 0 Å². The Balaban J connectivity index is 1.73. The summed E-state index contributed by atoms with van der Waals surface area (Å²) in [5.41, 5.74) is 0.978. The van der Waals surface area contributed by atoms with Gasteiger partial charge in [-0.1, -0.05) is 0 Å². The van der Waals surface area contributed by atoms with Gasteiger partial charge in [-0.2, -0.15) is 0 Å². The molecule has 2 aliphatic heterocycles. The molecule has 2 fully saturated rings. The number of carbonyl (C=O) groups excluding carboxylic acids is 2. The van der Waals surface area contributed by atoms with Crippen LogP contribution < -0.4 is 10.6 Å². The summed E-state index contributed by atoms with van der Waals surface area (Å²) in [7, 11) is 0. The summed E-state index contributed by atoms with van der Waals surface area (Å²) in [6.45, 7) is 5.97. The van der Waals surface area contributed by atoms with Crippen LogP contribution >= 0.6 is 0 Å². The molecule has 0 radical (unpaired) electrons. The SMILES string of the molecule is O=C(c1cncc(C(=O)N2CCNCC2)c1)N1CCNCC1. The van der Waals surface area contributed by atoms with Crippen LogP contribution in [0.2, 0.25) is 0 Å². The van der Waals surface area contributed by atoms with Crippen LogP contribution in [0.4, 0.5) is 0 Å². The minimum Gasteiger partial charge on any atom is -0.336 e. The van der Waals surface area contributed by atoms with Crippen LogP contribution in [0, 0.1) is 0 Å². The Kier molecular flexibility index (Phi) is 4.65. The normalized spacial score (nSPS) is 19.1. The van der Waals surface area contributed by atoms with E-state index in [9.17, 15) is 9.59 Å². The van der Waals surface area contributed by atoms with Gasteiger partial charge < -0.3 is 20.4 Å². The molecule has 1 aromatic heterocycles. The van der Waals surface area contributed by atoms with E-state index in [0.717, 1.165) is 26.2 Å². The lowest BCUT2D eigenvalue weighted by atomic mass is 10.1. The number of hydrogen-bond acceptors (Lipinski definition) is 5. The Morgan fingerprint density at radius 3 is 1.64 bits per heavy atom. The van der Waals surface area contributed by atoms with Gasteiger partial charge in [-0.15, -0.1) is 0 Å². The molecule has 22 heavy (non-hydrogen) atoms. The molecule has 0 aromatic carbocycles. The molecular weight excluding hydrogens is 282 g/mol. The third kappa shape index (κ3) is 3.26. The van der Waals surface area contributed by atoms with Gasteiger partial charge in [-0.3, -0.25) is 14.6 Å². The molecular formula is C15H21N5O2. The highest BCUT2D eigenvalue weighted by Crippen LogP contribution is 2.10. The maximum Gasteiger partial charge on any atom is 0.255 e. The Bertz CT molecular complexity index is 505. The lowest BCUT2D eigenvalue weighted by molar-refractivity contribution is 0.0733. The summed E-state index contributed by atoms with van der Waals surface area (Å²) in [6, 6.07) is 1.67. The first-order valence-corrected chi connectivity index (χ1v) is 7.71. The lowest BCUT2D eigenvalue weighted by Crippen LogP contribution is -2.47. The fourth-order valence-corrected chi connectivity index (χ4v) is 2.77. The summed E-state index contributed by atoms with van der Waals surface area (Å²) < 4.78 is 0. The molecule has 3 heterocycles.